The van der Waals surface area contributed by atoms with E-state index >= 15 is 0 Å². The Morgan fingerprint density at radius 1 is 1.12 bits per heavy atom. The predicted octanol–water partition coefficient (Wildman–Crippen LogP) is 3.96. The topological polar surface area (TPSA) is 30.5 Å². The van der Waals surface area contributed by atoms with E-state index in [1.54, 1.807) is 20.3 Å². The van der Waals surface area contributed by atoms with Gasteiger partial charge in [-0.3, -0.25) is 0 Å². The second kappa shape index (κ2) is 6.60. The van der Waals surface area contributed by atoms with Crippen LogP contribution in [-0.4, -0.2) is 20.3 Å². The van der Waals surface area contributed by atoms with Crippen molar-refractivity contribution in [2.24, 2.45) is 0 Å². The molecule has 0 radical (unpaired) electrons. The van der Waals surface area contributed by atoms with Gasteiger partial charge < -0.3 is 14.8 Å². The van der Waals surface area contributed by atoms with Crippen LogP contribution in [0.15, 0.2) is 12.1 Å². The van der Waals surface area contributed by atoms with Gasteiger partial charge in [-0.05, 0) is 12.8 Å². The quantitative estimate of drug-likeness (QED) is 0.837. The molecule has 0 amide bonds. The van der Waals surface area contributed by atoms with Crippen molar-refractivity contribution in [1.29, 1.82) is 0 Å². The van der Waals surface area contributed by atoms with Gasteiger partial charge in [-0.2, -0.15) is 0 Å². The number of ether oxygens (including phenoxy) is 2. The third kappa shape index (κ3) is 3.43. The van der Waals surface area contributed by atoms with Crippen molar-refractivity contribution in [1.82, 2.24) is 0 Å². The van der Waals surface area contributed by atoms with E-state index in [9.17, 15) is 0 Å². The molecule has 1 rings (SSSR count). The minimum atomic E-state index is 0.426. The highest BCUT2D eigenvalue weighted by Crippen LogP contribution is 2.36. The monoisotopic (exact) mass is 257 g/mol. The Bertz CT molecular complexity index is 365. The zero-order valence-electron chi connectivity index (χ0n) is 10.8. The maximum Gasteiger partial charge on any atom is 0.143 e. The van der Waals surface area contributed by atoms with E-state index in [4.69, 9.17) is 21.1 Å². The summed E-state index contributed by atoms with van der Waals surface area (Å²) in [6, 6.07) is 4.07. The molecule has 0 atom stereocenters. The second-order valence-corrected chi connectivity index (χ2v) is 4.25. The molecule has 0 saturated heterocycles. The second-order valence-electron chi connectivity index (χ2n) is 3.84. The lowest BCUT2D eigenvalue weighted by molar-refractivity contribution is 0.404. The Hall–Kier alpha value is -1.09. The molecule has 1 N–H and O–H groups in total. The van der Waals surface area contributed by atoms with Crippen LogP contribution in [0.5, 0.6) is 11.5 Å². The first-order valence-electron chi connectivity index (χ1n) is 5.84. The van der Waals surface area contributed by atoms with Gasteiger partial charge in [0.1, 0.15) is 11.5 Å². The van der Waals surface area contributed by atoms with E-state index in [0.29, 0.717) is 16.8 Å². The average Bonchev–Trinajstić information content (AvgIpc) is 2.36. The largest absolute Gasteiger partial charge is 0.495 e. The predicted molar refractivity (Wildman–Crippen MR) is 72.5 cm³/mol. The molecule has 0 fully saturated rings. The molecular formula is C13H20ClNO2. The normalized spacial score (nSPS) is 10.5. The van der Waals surface area contributed by atoms with Crippen molar-refractivity contribution in [3.05, 3.63) is 17.2 Å². The van der Waals surface area contributed by atoms with E-state index in [1.165, 1.54) is 0 Å². The molecule has 4 heteroatoms. The smallest absolute Gasteiger partial charge is 0.143 e. The molecule has 0 unspecified atom stereocenters. The van der Waals surface area contributed by atoms with Gasteiger partial charge in [0.2, 0.25) is 0 Å². The lowest BCUT2D eigenvalue weighted by atomic mass is 10.1. The fraction of sp³-hybridized carbons (Fsp3) is 0.538. The van der Waals surface area contributed by atoms with Crippen molar-refractivity contribution in [3.8, 4) is 11.5 Å². The van der Waals surface area contributed by atoms with Crippen molar-refractivity contribution in [2.75, 3.05) is 19.5 Å². The number of anilines is 1. The van der Waals surface area contributed by atoms with Gasteiger partial charge in [-0.15, -0.1) is 0 Å². The summed E-state index contributed by atoms with van der Waals surface area (Å²) in [7, 11) is 3.24. The van der Waals surface area contributed by atoms with Crippen LogP contribution in [0.25, 0.3) is 0 Å². The van der Waals surface area contributed by atoms with Crippen LogP contribution in [0.3, 0.4) is 0 Å². The van der Waals surface area contributed by atoms with E-state index in [1.807, 2.05) is 6.07 Å². The van der Waals surface area contributed by atoms with Gasteiger partial charge >= 0.3 is 0 Å². The molecular weight excluding hydrogens is 238 g/mol. The summed E-state index contributed by atoms with van der Waals surface area (Å²) in [4.78, 5) is 0. The molecule has 1 aromatic carbocycles. The van der Waals surface area contributed by atoms with Crippen LogP contribution < -0.4 is 14.8 Å². The van der Waals surface area contributed by atoms with Crippen LogP contribution in [-0.2, 0) is 0 Å². The fourth-order valence-corrected chi connectivity index (χ4v) is 1.92. The zero-order valence-corrected chi connectivity index (χ0v) is 11.6. The molecule has 0 heterocycles. The van der Waals surface area contributed by atoms with E-state index < -0.39 is 0 Å². The first-order valence-corrected chi connectivity index (χ1v) is 6.22. The Labute approximate surface area is 108 Å². The van der Waals surface area contributed by atoms with Crippen molar-refractivity contribution >= 4 is 17.3 Å². The molecule has 0 aliphatic heterocycles. The van der Waals surface area contributed by atoms with Crippen molar-refractivity contribution in [2.45, 2.75) is 32.7 Å². The highest BCUT2D eigenvalue weighted by molar-refractivity contribution is 6.32. The van der Waals surface area contributed by atoms with Crippen LogP contribution in [0.1, 0.15) is 26.7 Å². The Balaban J connectivity index is 3.03. The van der Waals surface area contributed by atoms with E-state index in [2.05, 4.69) is 19.2 Å². The SMILES string of the molecule is CCC(CC)Nc1cc(OC)c(Cl)cc1OC. The van der Waals surface area contributed by atoms with E-state index in [-0.39, 0.29) is 0 Å². The Morgan fingerprint density at radius 2 is 1.71 bits per heavy atom. The average molecular weight is 258 g/mol. The lowest BCUT2D eigenvalue weighted by Gasteiger charge is -2.19. The summed E-state index contributed by atoms with van der Waals surface area (Å²) >= 11 is 6.05. The highest BCUT2D eigenvalue weighted by Gasteiger charge is 2.12. The maximum absolute atomic E-state index is 6.05. The number of nitrogens with one attached hydrogen (secondary N) is 1. The molecule has 0 aliphatic carbocycles. The van der Waals surface area contributed by atoms with Crippen LogP contribution in [0, 0.1) is 0 Å². The summed E-state index contributed by atoms with van der Waals surface area (Å²) in [5.74, 6) is 1.39. The Kier molecular flexibility index (Phi) is 5.42. The van der Waals surface area contributed by atoms with Gasteiger partial charge in [0, 0.05) is 18.2 Å². The van der Waals surface area contributed by atoms with Gasteiger partial charge in [0.25, 0.3) is 0 Å². The number of hydrogen-bond acceptors (Lipinski definition) is 3. The highest BCUT2D eigenvalue weighted by atomic mass is 35.5. The molecule has 0 bridgehead atoms. The molecule has 17 heavy (non-hydrogen) atoms. The molecule has 0 aliphatic rings. The molecule has 0 saturated carbocycles. The summed E-state index contributed by atoms with van der Waals surface area (Å²) in [6.07, 6.45) is 2.12. The van der Waals surface area contributed by atoms with Gasteiger partial charge in [-0.25, -0.2) is 0 Å². The number of halogens is 1. The third-order valence-corrected chi connectivity index (χ3v) is 3.11. The first-order chi connectivity index (χ1) is 8.15. The Morgan fingerprint density at radius 3 is 2.18 bits per heavy atom. The van der Waals surface area contributed by atoms with Gasteiger partial charge in [0.05, 0.1) is 24.9 Å². The summed E-state index contributed by atoms with van der Waals surface area (Å²) < 4.78 is 10.5. The zero-order chi connectivity index (χ0) is 12.8. The van der Waals surface area contributed by atoms with Crippen LogP contribution >= 0.6 is 11.6 Å². The summed E-state index contributed by atoms with van der Waals surface area (Å²) in [5, 5.41) is 3.99. The first kappa shape index (κ1) is 14.0. The standard InChI is InChI=1S/C13H20ClNO2/c1-5-9(6-2)15-11-8-12(16-3)10(14)7-13(11)17-4/h7-9,15H,5-6H2,1-4H3. The van der Waals surface area contributed by atoms with Crippen LogP contribution in [0.4, 0.5) is 5.69 Å². The summed E-state index contributed by atoms with van der Waals surface area (Å²) in [5.41, 5.74) is 0.919. The van der Waals surface area contributed by atoms with Gasteiger partial charge in [-0.1, -0.05) is 25.4 Å². The maximum atomic E-state index is 6.05. The number of hydrogen-bond donors (Lipinski definition) is 1. The minimum Gasteiger partial charge on any atom is -0.495 e. The molecule has 96 valence electrons. The molecule has 0 aromatic heterocycles. The fourth-order valence-electron chi connectivity index (χ4n) is 1.69. The molecule has 0 spiro atoms. The molecule has 1 aromatic rings. The number of benzene rings is 1. The molecule has 3 nitrogen and oxygen atoms in total. The lowest BCUT2D eigenvalue weighted by Crippen LogP contribution is -2.17. The van der Waals surface area contributed by atoms with Crippen molar-refractivity contribution < 1.29 is 9.47 Å². The third-order valence-electron chi connectivity index (χ3n) is 2.82. The number of rotatable bonds is 6. The summed E-state index contributed by atoms with van der Waals surface area (Å²) in [6.45, 7) is 4.31. The van der Waals surface area contributed by atoms with Crippen LogP contribution in [0.2, 0.25) is 5.02 Å². The van der Waals surface area contributed by atoms with E-state index in [0.717, 1.165) is 24.3 Å². The van der Waals surface area contributed by atoms with Gasteiger partial charge in [0.15, 0.2) is 0 Å². The number of methoxy groups -OCH3 is 2. The minimum absolute atomic E-state index is 0.426. The van der Waals surface area contributed by atoms with Crippen molar-refractivity contribution in [3.63, 3.8) is 0 Å².